The second-order valence-corrected chi connectivity index (χ2v) is 3.60. The first-order valence-electron chi connectivity index (χ1n) is 4.93. The van der Waals surface area contributed by atoms with Crippen LogP contribution in [0.2, 0.25) is 0 Å². The normalized spacial score (nSPS) is 10.6. The molecule has 6 heteroatoms. The third-order valence-corrected chi connectivity index (χ3v) is 2.28. The van der Waals surface area contributed by atoms with E-state index in [1.807, 2.05) is 0 Å². The smallest absolute Gasteiger partial charge is 0.196 e. The van der Waals surface area contributed by atoms with Crippen molar-refractivity contribution in [3.05, 3.63) is 47.5 Å². The second-order valence-electron chi connectivity index (χ2n) is 3.60. The zero-order valence-corrected chi connectivity index (χ0v) is 9.04. The molecule has 0 aliphatic carbocycles. The van der Waals surface area contributed by atoms with Crippen LogP contribution >= 0.6 is 0 Å². The highest BCUT2D eigenvalue weighted by Crippen LogP contribution is 2.20. The van der Waals surface area contributed by atoms with E-state index in [0.717, 1.165) is 17.7 Å². The molecule has 3 nitrogen and oxygen atoms in total. The number of hydrogen-bond donors (Lipinski definition) is 1. The lowest BCUT2D eigenvalue weighted by atomic mass is 10.2. The standard InChI is InChI=1S/C11H10F3N3/c1-17-6-7(5-16-17)4-15-9-3-2-8(12)10(13)11(9)14/h2-3,5-6,15H,4H2,1H3. The molecule has 0 fully saturated rings. The van der Waals surface area contributed by atoms with Gasteiger partial charge in [0.05, 0.1) is 11.9 Å². The van der Waals surface area contributed by atoms with Crippen LogP contribution in [0.15, 0.2) is 24.5 Å². The van der Waals surface area contributed by atoms with Crippen LogP contribution in [0.3, 0.4) is 0 Å². The van der Waals surface area contributed by atoms with E-state index < -0.39 is 17.5 Å². The van der Waals surface area contributed by atoms with Gasteiger partial charge in [0.2, 0.25) is 0 Å². The number of aryl methyl sites for hydroxylation is 1. The lowest BCUT2D eigenvalue weighted by molar-refractivity contribution is 0.449. The van der Waals surface area contributed by atoms with Gasteiger partial charge in [-0.25, -0.2) is 13.2 Å². The summed E-state index contributed by atoms with van der Waals surface area (Å²) >= 11 is 0. The first kappa shape index (κ1) is 11.5. The number of rotatable bonds is 3. The number of nitrogens with one attached hydrogen (secondary N) is 1. The number of hydrogen-bond acceptors (Lipinski definition) is 2. The molecule has 1 aromatic carbocycles. The Kier molecular flexibility index (Phi) is 3.03. The molecule has 0 saturated carbocycles. The molecule has 0 spiro atoms. The summed E-state index contributed by atoms with van der Waals surface area (Å²) in [5.41, 5.74) is 0.740. The Bertz CT molecular complexity index is 537. The topological polar surface area (TPSA) is 29.9 Å². The molecule has 1 aromatic heterocycles. The number of aromatic nitrogens is 2. The largest absolute Gasteiger partial charge is 0.378 e. The van der Waals surface area contributed by atoms with Gasteiger partial charge in [0.15, 0.2) is 17.5 Å². The maximum Gasteiger partial charge on any atom is 0.196 e. The van der Waals surface area contributed by atoms with Crippen molar-refractivity contribution in [3.8, 4) is 0 Å². The first-order valence-corrected chi connectivity index (χ1v) is 4.93. The molecule has 1 heterocycles. The summed E-state index contributed by atoms with van der Waals surface area (Å²) in [4.78, 5) is 0. The van der Waals surface area contributed by atoms with E-state index in [9.17, 15) is 13.2 Å². The zero-order valence-electron chi connectivity index (χ0n) is 9.04. The van der Waals surface area contributed by atoms with Gasteiger partial charge in [-0.1, -0.05) is 0 Å². The van der Waals surface area contributed by atoms with Crippen molar-refractivity contribution >= 4 is 5.69 Å². The summed E-state index contributed by atoms with van der Waals surface area (Å²) in [6.07, 6.45) is 3.34. The van der Waals surface area contributed by atoms with Gasteiger partial charge in [-0.3, -0.25) is 4.68 Å². The predicted molar refractivity (Wildman–Crippen MR) is 56.9 cm³/mol. The van der Waals surface area contributed by atoms with E-state index in [1.54, 1.807) is 24.1 Å². The van der Waals surface area contributed by atoms with Crippen molar-refractivity contribution in [2.75, 3.05) is 5.32 Å². The van der Waals surface area contributed by atoms with Crippen molar-refractivity contribution in [2.24, 2.45) is 7.05 Å². The molecular formula is C11H10F3N3. The highest BCUT2D eigenvalue weighted by molar-refractivity contribution is 5.45. The molecular weight excluding hydrogens is 231 g/mol. The van der Waals surface area contributed by atoms with E-state index >= 15 is 0 Å². The molecule has 0 bridgehead atoms. The lowest BCUT2D eigenvalue weighted by Gasteiger charge is -2.06. The maximum atomic E-state index is 13.3. The van der Waals surface area contributed by atoms with Gasteiger partial charge in [-0.15, -0.1) is 0 Å². The van der Waals surface area contributed by atoms with E-state index in [0.29, 0.717) is 0 Å². The van der Waals surface area contributed by atoms with Crippen molar-refractivity contribution in [1.29, 1.82) is 0 Å². The Labute approximate surface area is 95.9 Å². The zero-order chi connectivity index (χ0) is 12.4. The number of anilines is 1. The molecule has 17 heavy (non-hydrogen) atoms. The fourth-order valence-electron chi connectivity index (χ4n) is 1.42. The average Bonchev–Trinajstić information content (AvgIpc) is 2.71. The number of benzene rings is 1. The van der Waals surface area contributed by atoms with Crippen LogP contribution < -0.4 is 5.32 Å². The van der Waals surface area contributed by atoms with Crippen molar-refractivity contribution < 1.29 is 13.2 Å². The molecule has 0 atom stereocenters. The van der Waals surface area contributed by atoms with Gasteiger partial charge < -0.3 is 5.32 Å². The fraction of sp³-hybridized carbons (Fsp3) is 0.182. The minimum Gasteiger partial charge on any atom is -0.378 e. The predicted octanol–water partition coefficient (Wildman–Crippen LogP) is 2.45. The molecule has 0 amide bonds. The van der Waals surface area contributed by atoms with Gasteiger partial charge in [-0.2, -0.15) is 5.10 Å². The van der Waals surface area contributed by atoms with Gasteiger partial charge in [0.25, 0.3) is 0 Å². The molecule has 0 saturated heterocycles. The van der Waals surface area contributed by atoms with Crippen LogP contribution in [-0.2, 0) is 13.6 Å². The number of nitrogens with zero attached hydrogens (tertiary/aromatic N) is 2. The minimum atomic E-state index is -1.47. The van der Waals surface area contributed by atoms with E-state index in [1.165, 1.54) is 0 Å². The fourth-order valence-corrected chi connectivity index (χ4v) is 1.42. The van der Waals surface area contributed by atoms with Crippen LogP contribution in [0.25, 0.3) is 0 Å². The summed E-state index contributed by atoms with van der Waals surface area (Å²) in [6, 6.07) is 2.04. The van der Waals surface area contributed by atoms with Gasteiger partial charge in [0.1, 0.15) is 0 Å². The summed E-state index contributed by atoms with van der Waals surface area (Å²) in [6.45, 7) is 0.288. The minimum absolute atomic E-state index is 0.0762. The Morgan fingerprint density at radius 2 is 2.00 bits per heavy atom. The second kappa shape index (κ2) is 4.48. The molecule has 0 aliphatic heterocycles. The van der Waals surface area contributed by atoms with Gasteiger partial charge >= 0.3 is 0 Å². The Hall–Kier alpha value is -1.98. The highest BCUT2D eigenvalue weighted by Gasteiger charge is 2.12. The molecule has 0 unspecified atom stereocenters. The van der Waals surface area contributed by atoms with Crippen molar-refractivity contribution in [3.63, 3.8) is 0 Å². The lowest BCUT2D eigenvalue weighted by Crippen LogP contribution is -2.03. The van der Waals surface area contributed by atoms with Crippen LogP contribution in [-0.4, -0.2) is 9.78 Å². The summed E-state index contributed by atoms with van der Waals surface area (Å²) < 4.78 is 40.5. The Balaban J connectivity index is 2.12. The van der Waals surface area contributed by atoms with Gasteiger partial charge in [-0.05, 0) is 12.1 Å². The van der Waals surface area contributed by atoms with Gasteiger partial charge in [0, 0.05) is 25.4 Å². The Morgan fingerprint density at radius 3 is 2.65 bits per heavy atom. The van der Waals surface area contributed by atoms with Crippen LogP contribution in [0.5, 0.6) is 0 Å². The summed E-state index contributed by atoms with van der Waals surface area (Å²) in [5.74, 6) is -3.88. The highest BCUT2D eigenvalue weighted by atomic mass is 19.2. The molecule has 0 radical (unpaired) electrons. The van der Waals surface area contributed by atoms with Crippen LogP contribution in [0, 0.1) is 17.5 Å². The monoisotopic (exact) mass is 241 g/mol. The molecule has 1 N–H and O–H groups in total. The van der Waals surface area contributed by atoms with E-state index in [4.69, 9.17) is 0 Å². The number of halogens is 3. The third-order valence-electron chi connectivity index (χ3n) is 2.28. The third kappa shape index (κ3) is 2.41. The van der Waals surface area contributed by atoms with Crippen molar-refractivity contribution in [2.45, 2.75) is 6.54 Å². The summed E-state index contributed by atoms with van der Waals surface area (Å²) in [7, 11) is 1.75. The van der Waals surface area contributed by atoms with Crippen LogP contribution in [0.4, 0.5) is 18.9 Å². The maximum absolute atomic E-state index is 13.3. The molecule has 2 rings (SSSR count). The van der Waals surface area contributed by atoms with Crippen LogP contribution in [0.1, 0.15) is 5.56 Å². The quantitative estimate of drug-likeness (QED) is 0.836. The Morgan fingerprint density at radius 1 is 1.24 bits per heavy atom. The van der Waals surface area contributed by atoms with E-state index in [-0.39, 0.29) is 12.2 Å². The first-order chi connectivity index (χ1) is 8.08. The molecule has 0 aliphatic rings. The van der Waals surface area contributed by atoms with Crippen molar-refractivity contribution in [1.82, 2.24) is 9.78 Å². The average molecular weight is 241 g/mol. The molecule has 90 valence electrons. The van der Waals surface area contributed by atoms with E-state index in [2.05, 4.69) is 10.4 Å². The molecule has 2 aromatic rings. The summed E-state index contributed by atoms with van der Waals surface area (Å²) in [5, 5.41) is 6.61. The SMILES string of the molecule is Cn1cc(CNc2ccc(F)c(F)c2F)cn1.